The second-order valence-electron chi connectivity index (χ2n) is 2.96. The topological polar surface area (TPSA) is 61.0 Å². The Morgan fingerprint density at radius 1 is 1.11 bits per heavy atom. The molecule has 0 saturated heterocycles. The van der Waals surface area contributed by atoms with Crippen molar-refractivity contribution in [3.05, 3.63) is 12.0 Å². The lowest BCUT2D eigenvalue weighted by molar-refractivity contribution is -0.300. The summed E-state index contributed by atoms with van der Waals surface area (Å²) < 4.78 is 88.9. The Labute approximate surface area is 94.6 Å². The number of rotatable bonds is 2. The van der Waals surface area contributed by atoms with Crippen LogP contribution in [0.4, 0.5) is 36.7 Å². The van der Waals surface area contributed by atoms with Gasteiger partial charge in [-0.15, -0.1) is 0 Å². The normalized spacial score (nSPS) is 12.9. The first-order valence-corrected chi connectivity index (χ1v) is 4.10. The highest BCUT2D eigenvalue weighted by atomic mass is 19.4. The second kappa shape index (κ2) is 4.46. The molecule has 0 saturated carbocycles. The van der Waals surface area contributed by atoms with Gasteiger partial charge in [0.2, 0.25) is 11.8 Å². The van der Waals surface area contributed by atoms with Crippen molar-refractivity contribution >= 4 is 5.95 Å². The number of anilines is 1. The molecule has 1 aromatic heterocycles. The highest BCUT2D eigenvalue weighted by Crippen LogP contribution is 2.36. The van der Waals surface area contributed by atoms with Gasteiger partial charge in [0.25, 0.3) is 12.0 Å². The standard InChI is InChI=1S/C7H4F7N3O/c8-2-1-16-5(15)17-3(2)18-4(6(9,10)11)7(12,13)14/h1,4H,(H2,15,16,17). The molecule has 0 aromatic carbocycles. The summed E-state index contributed by atoms with van der Waals surface area (Å²) in [5.41, 5.74) is 4.89. The van der Waals surface area contributed by atoms with Gasteiger partial charge >= 0.3 is 12.4 Å². The number of nitrogens with zero attached hydrogens (tertiary/aromatic N) is 2. The third-order valence-electron chi connectivity index (χ3n) is 1.55. The summed E-state index contributed by atoms with van der Waals surface area (Å²) in [6, 6.07) is 0. The second-order valence-corrected chi connectivity index (χ2v) is 2.96. The van der Waals surface area contributed by atoms with Crippen LogP contribution in [0.2, 0.25) is 0 Å². The average molecular weight is 279 g/mol. The Bertz CT molecular complexity index is 416. The number of ether oxygens (including phenoxy) is 1. The van der Waals surface area contributed by atoms with Crippen LogP contribution in [0.25, 0.3) is 0 Å². The lowest BCUT2D eigenvalue weighted by Crippen LogP contribution is -2.46. The maximum atomic E-state index is 12.9. The van der Waals surface area contributed by atoms with Gasteiger partial charge in [0.1, 0.15) is 0 Å². The van der Waals surface area contributed by atoms with Crippen molar-refractivity contribution in [2.45, 2.75) is 18.5 Å². The predicted octanol–water partition coefficient (Wildman–Crippen LogP) is 2.07. The fraction of sp³-hybridized carbons (Fsp3) is 0.429. The van der Waals surface area contributed by atoms with E-state index in [2.05, 4.69) is 14.7 Å². The third kappa shape index (κ3) is 3.34. The molecule has 0 radical (unpaired) electrons. The number of halogens is 7. The minimum atomic E-state index is -5.77. The molecule has 1 aromatic rings. The first-order valence-electron chi connectivity index (χ1n) is 4.10. The highest BCUT2D eigenvalue weighted by molar-refractivity contribution is 5.22. The van der Waals surface area contributed by atoms with Crippen molar-refractivity contribution < 1.29 is 35.5 Å². The van der Waals surface area contributed by atoms with E-state index in [0.717, 1.165) is 0 Å². The van der Waals surface area contributed by atoms with Gasteiger partial charge in [-0.25, -0.2) is 4.98 Å². The van der Waals surface area contributed by atoms with Crippen molar-refractivity contribution in [3.63, 3.8) is 0 Å². The van der Waals surface area contributed by atoms with Gasteiger partial charge in [-0.3, -0.25) is 0 Å². The number of nitrogen functional groups attached to an aromatic ring is 1. The molecule has 11 heteroatoms. The van der Waals surface area contributed by atoms with Crippen LogP contribution in [0.5, 0.6) is 5.88 Å². The summed E-state index contributed by atoms with van der Waals surface area (Å²) >= 11 is 0. The molecule has 4 nitrogen and oxygen atoms in total. The van der Waals surface area contributed by atoms with Crippen molar-refractivity contribution in [2.75, 3.05) is 5.73 Å². The van der Waals surface area contributed by atoms with Crippen LogP contribution < -0.4 is 10.5 Å². The van der Waals surface area contributed by atoms with Crippen molar-refractivity contribution in [3.8, 4) is 5.88 Å². The quantitative estimate of drug-likeness (QED) is 0.842. The Morgan fingerprint density at radius 2 is 1.61 bits per heavy atom. The fourth-order valence-electron chi connectivity index (χ4n) is 0.878. The first-order chi connectivity index (χ1) is 8.01. The maximum absolute atomic E-state index is 12.9. The first kappa shape index (κ1) is 14.3. The molecule has 0 bridgehead atoms. The molecular formula is C7H4F7N3O. The van der Waals surface area contributed by atoms with Gasteiger partial charge in [0.05, 0.1) is 6.20 Å². The SMILES string of the molecule is Nc1ncc(F)c(OC(C(F)(F)F)C(F)(F)F)n1. The molecule has 1 rings (SSSR count). The molecule has 0 atom stereocenters. The van der Waals surface area contributed by atoms with Crippen molar-refractivity contribution in [2.24, 2.45) is 0 Å². The van der Waals surface area contributed by atoms with E-state index in [9.17, 15) is 30.7 Å². The monoisotopic (exact) mass is 279 g/mol. The Hall–Kier alpha value is -1.81. The van der Waals surface area contributed by atoms with Gasteiger partial charge in [0, 0.05) is 0 Å². The van der Waals surface area contributed by atoms with Crippen LogP contribution in [-0.2, 0) is 0 Å². The molecule has 2 N–H and O–H groups in total. The Morgan fingerprint density at radius 3 is 2.06 bits per heavy atom. The minimum Gasteiger partial charge on any atom is -0.453 e. The van der Waals surface area contributed by atoms with Crippen LogP contribution in [0.3, 0.4) is 0 Å². The Kier molecular flexibility index (Phi) is 3.53. The zero-order chi connectivity index (χ0) is 14.1. The van der Waals surface area contributed by atoms with Gasteiger partial charge in [-0.05, 0) is 0 Å². The zero-order valence-corrected chi connectivity index (χ0v) is 8.18. The van der Waals surface area contributed by atoms with E-state index in [1.54, 1.807) is 0 Å². The summed E-state index contributed by atoms with van der Waals surface area (Å²) in [5, 5.41) is 0. The number of aromatic nitrogens is 2. The molecule has 18 heavy (non-hydrogen) atoms. The van der Waals surface area contributed by atoms with Gasteiger partial charge in [0.15, 0.2) is 0 Å². The molecule has 1 heterocycles. The van der Waals surface area contributed by atoms with Crippen LogP contribution in [-0.4, -0.2) is 28.4 Å². The third-order valence-corrected chi connectivity index (χ3v) is 1.55. The number of hydrogen-bond acceptors (Lipinski definition) is 4. The molecule has 0 aliphatic rings. The van der Waals surface area contributed by atoms with E-state index >= 15 is 0 Å². The molecule has 0 fully saturated rings. The smallest absolute Gasteiger partial charge is 0.434 e. The molecule has 0 amide bonds. The van der Waals surface area contributed by atoms with E-state index in [4.69, 9.17) is 5.73 Å². The fourth-order valence-corrected chi connectivity index (χ4v) is 0.878. The van der Waals surface area contributed by atoms with E-state index in [-0.39, 0.29) is 0 Å². The van der Waals surface area contributed by atoms with Crippen molar-refractivity contribution in [1.29, 1.82) is 0 Å². The molecular weight excluding hydrogens is 275 g/mol. The molecule has 0 unspecified atom stereocenters. The van der Waals surface area contributed by atoms with Crippen LogP contribution in [0.15, 0.2) is 6.20 Å². The van der Waals surface area contributed by atoms with E-state index in [0.29, 0.717) is 6.20 Å². The van der Waals surface area contributed by atoms with Crippen molar-refractivity contribution in [1.82, 2.24) is 9.97 Å². The molecule has 0 aliphatic carbocycles. The molecule has 102 valence electrons. The van der Waals surface area contributed by atoms with Crippen LogP contribution in [0.1, 0.15) is 0 Å². The summed E-state index contributed by atoms with van der Waals surface area (Å²) in [6.45, 7) is 0. The summed E-state index contributed by atoms with van der Waals surface area (Å²) in [6.07, 6.45) is -15.5. The average Bonchev–Trinajstić information content (AvgIpc) is 2.15. The van der Waals surface area contributed by atoms with Crippen LogP contribution >= 0.6 is 0 Å². The Balaban J connectivity index is 3.08. The lowest BCUT2D eigenvalue weighted by atomic mass is 10.3. The minimum absolute atomic E-state index is 0.293. The lowest BCUT2D eigenvalue weighted by Gasteiger charge is -2.23. The summed E-state index contributed by atoms with van der Waals surface area (Å²) in [5.74, 6) is -3.85. The molecule has 0 aliphatic heterocycles. The highest BCUT2D eigenvalue weighted by Gasteiger charge is 2.59. The van der Waals surface area contributed by atoms with Crippen LogP contribution in [0, 0.1) is 5.82 Å². The predicted molar refractivity (Wildman–Crippen MR) is 42.9 cm³/mol. The summed E-state index contributed by atoms with van der Waals surface area (Å²) in [7, 11) is 0. The van der Waals surface area contributed by atoms with E-state index in [1.165, 1.54) is 0 Å². The largest absolute Gasteiger partial charge is 0.453 e. The number of hydrogen-bond donors (Lipinski definition) is 1. The van der Waals surface area contributed by atoms with E-state index in [1.807, 2.05) is 0 Å². The van der Waals surface area contributed by atoms with E-state index < -0.39 is 36.1 Å². The van der Waals surface area contributed by atoms with Gasteiger partial charge in [-0.1, -0.05) is 0 Å². The maximum Gasteiger partial charge on any atom is 0.434 e. The number of nitrogens with two attached hydrogens (primary N) is 1. The van der Waals surface area contributed by atoms with Gasteiger partial charge in [-0.2, -0.15) is 35.7 Å². The molecule has 0 spiro atoms. The van der Waals surface area contributed by atoms with Gasteiger partial charge < -0.3 is 10.5 Å². The summed E-state index contributed by atoms with van der Waals surface area (Å²) in [4.78, 5) is 5.83. The zero-order valence-electron chi connectivity index (χ0n) is 8.18. The number of alkyl halides is 6.